The average molecular weight is 1310 g/mol. The van der Waals surface area contributed by atoms with E-state index in [0.717, 1.165) is 175 Å². The summed E-state index contributed by atoms with van der Waals surface area (Å²) in [7, 11) is 0. The van der Waals surface area contributed by atoms with E-state index in [2.05, 4.69) is 206 Å². The summed E-state index contributed by atoms with van der Waals surface area (Å²) in [6.07, 6.45) is 3.86. The average Bonchev–Trinajstić information content (AvgIpc) is 1.48. The van der Waals surface area contributed by atoms with E-state index >= 15 is 0 Å². The molecule has 100 heavy (non-hydrogen) atoms. The summed E-state index contributed by atoms with van der Waals surface area (Å²) in [6, 6.07) is 104. The Bertz CT molecular complexity index is 6620. The Morgan fingerprint density at radius 3 is 1.12 bits per heavy atom. The number of pyridine rings is 2. The molecule has 0 fully saturated rings. The lowest BCUT2D eigenvalue weighted by molar-refractivity contribution is 0.668. The van der Waals surface area contributed by atoms with Gasteiger partial charge < -0.3 is 8.83 Å². The Labute approximate surface area is 580 Å². The van der Waals surface area contributed by atoms with Crippen molar-refractivity contribution in [1.29, 1.82) is 0 Å². The maximum Gasteiger partial charge on any atom is 0.164 e. The Balaban J connectivity index is 0.717. The quantitative estimate of drug-likeness (QED) is 0.125. The molecular weight excluding hydrogens is 1260 g/mol. The lowest BCUT2D eigenvalue weighted by atomic mass is 9.93. The zero-order valence-electron chi connectivity index (χ0n) is 53.2. The van der Waals surface area contributed by atoms with Crippen LogP contribution in [-0.2, 0) is 0 Å². The molecule has 8 aromatic heterocycles. The van der Waals surface area contributed by atoms with Gasteiger partial charge in [-0.05, 0) is 160 Å². The molecule has 9 nitrogen and oxygen atoms in total. The monoisotopic (exact) mass is 1310 g/mol. The molecule has 8 heterocycles. The largest absolute Gasteiger partial charge is 0.456 e. The molecule has 0 saturated carbocycles. The van der Waals surface area contributed by atoms with Gasteiger partial charge in [0.2, 0.25) is 0 Å². The number of hydrogen-bond donors (Lipinski definition) is 0. The molecule has 0 atom stereocenters. The van der Waals surface area contributed by atoms with Gasteiger partial charge in [-0.2, -0.15) is 0 Å². The van der Waals surface area contributed by atoms with E-state index in [1.165, 1.54) is 9.40 Å². The van der Waals surface area contributed by atoms with Crippen LogP contribution in [0.1, 0.15) is 0 Å². The minimum Gasteiger partial charge on any atom is -0.456 e. The third-order valence-corrected chi connectivity index (χ3v) is 21.4. The van der Waals surface area contributed by atoms with Crippen LogP contribution in [0.2, 0.25) is 0 Å². The second-order valence-corrected chi connectivity index (χ2v) is 27.3. The second-order valence-electron chi connectivity index (χ2n) is 25.1. The molecule has 20 rings (SSSR count). The molecule has 0 aliphatic carbocycles. The molecule has 0 bridgehead atoms. The van der Waals surface area contributed by atoms with Gasteiger partial charge in [-0.3, -0.25) is 9.97 Å². The summed E-state index contributed by atoms with van der Waals surface area (Å²) in [4.78, 5) is 36.3. The summed E-state index contributed by atoms with van der Waals surface area (Å²) in [6.45, 7) is 0. The SMILES string of the molecule is c1ccc(-c2nc(-c3cccc(-c4ccc5oc6ccc(-c7cc(-c8nc(-c9ccccc9)nc(-c9ccccc9)n8)cc(-c8ccnc9c8sc8ccccc89)c7)cc6c5c4)c3)cc(-c3cc(-c4ccc5oc6ccccc6c5c4)cc(-c4ccnc5c4sc4ccccc45)c3)n2)cc1. The predicted octanol–water partition coefficient (Wildman–Crippen LogP) is 24.3. The fourth-order valence-corrected chi connectivity index (χ4v) is 16.5. The number of fused-ring (bicyclic) bond motifs is 12. The topological polar surface area (TPSA) is 117 Å². The zero-order chi connectivity index (χ0) is 65.8. The van der Waals surface area contributed by atoms with Crippen LogP contribution in [0.25, 0.3) is 208 Å². The lowest BCUT2D eigenvalue weighted by Crippen LogP contribution is -2.00. The van der Waals surface area contributed by atoms with Gasteiger partial charge in [0.1, 0.15) is 22.3 Å². The molecule has 466 valence electrons. The molecule has 0 radical (unpaired) electrons. The number of hydrogen-bond acceptors (Lipinski definition) is 11. The fraction of sp³-hybridized carbons (Fsp3) is 0. The molecule has 20 aromatic rings. The molecule has 0 unspecified atom stereocenters. The smallest absolute Gasteiger partial charge is 0.164 e. The van der Waals surface area contributed by atoms with Crippen molar-refractivity contribution in [2.45, 2.75) is 0 Å². The first-order valence-electron chi connectivity index (χ1n) is 33.1. The van der Waals surface area contributed by atoms with Crippen LogP contribution >= 0.6 is 22.7 Å². The minimum atomic E-state index is 0.570. The normalized spacial score (nSPS) is 11.8. The molecule has 0 aliphatic heterocycles. The van der Waals surface area contributed by atoms with Gasteiger partial charge in [0.15, 0.2) is 23.3 Å². The number of thiophene rings is 2. The second kappa shape index (κ2) is 23.4. The number of aromatic nitrogens is 7. The Morgan fingerprint density at radius 1 is 0.220 bits per heavy atom. The summed E-state index contributed by atoms with van der Waals surface area (Å²) in [5.41, 5.74) is 22.9. The molecule has 0 saturated heterocycles. The Kier molecular flexibility index (Phi) is 13.4. The summed E-state index contributed by atoms with van der Waals surface area (Å²) >= 11 is 3.54. The van der Waals surface area contributed by atoms with Crippen molar-refractivity contribution in [1.82, 2.24) is 34.9 Å². The highest BCUT2D eigenvalue weighted by Crippen LogP contribution is 2.46. The number of para-hydroxylation sites is 1. The van der Waals surface area contributed by atoms with Gasteiger partial charge in [-0.1, -0.05) is 182 Å². The first-order chi connectivity index (χ1) is 49.5. The molecule has 0 aliphatic rings. The molecule has 0 N–H and O–H groups in total. The van der Waals surface area contributed by atoms with Crippen molar-refractivity contribution >= 4 is 107 Å². The summed E-state index contributed by atoms with van der Waals surface area (Å²) in [5.74, 6) is 2.39. The highest BCUT2D eigenvalue weighted by molar-refractivity contribution is 7.26. The van der Waals surface area contributed by atoms with E-state index in [9.17, 15) is 0 Å². The van der Waals surface area contributed by atoms with E-state index in [1.54, 1.807) is 22.7 Å². The van der Waals surface area contributed by atoms with E-state index in [-0.39, 0.29) is 0 Å². The van der Waals surface area contributed by atoms with Crippen molar-refractivity contribution in [3.05, 3.63) is 310 Å². The maximum atomic E-state index is 6.70. The van der Waals surface area contributed by atoms with Crippen LogP contribution in [0, 0.1) is 0 Å². The fourth-order valence-electron chi connectivity index (χ4n) is 14.1. The van der Waals surface area contributed by atoms with Crippen molar-refractivity contribution in [3.8, 4) is 124 Å². The van der Waals surface area contributed by atoms with Gasteiger partial charge in [0, 0.05) is 98.6 Å². The summed E-state index contributed by atoms with van der Waals surface area (Å²) in [5, 5.41) is 6.44. The standard InChI is InChI=1S/C89H51N7O2S2/c1-4-17-52(18-5-1)86-92-74(51-75(93-86)64-44-60(57-32-35-77-71(49-57)68-25-10-13-28-76(68)97-77)42-62(46-64)66-37-39-90-82-69-26-11-14-29-80(69)99-84(66)82)59-24-16-23-55(41-59)56-31-34-78-72(48-56)73-50-58(33-36-79(73)98-78)61-43-63(67-38-40-91-83-70-27-12-15-30-81(70)100-85(67)83)47-65(45-61)89-95-87(53-19-6-2-7-20-53)94-88(96-89)54-21-8-3-9-22-54/h1-51H. The van der Waals surface area contributed by atoms with Crippen molar-refractivity contribution in [3.63, 3.8) is 0 Å². The number of benzene rings is 12. The van der Waals surface area contributed by atoms with Crippen LogP contribution in [0.5, 0.6) is 0 Å². The van der Waals surface area contributed by atoms with E-state index in [0.29, 0.717) is 23.3 Å². The Hall–Kier alpha value is -12.9. The highest BCUT2D eigenvalue weighted by atomic mass is 32.1. The number of rotatable bonds is 11. The van der Waals surface area contributed by atoms with Crippen LogP contribution in [-0.4, -0.2) is 34.9 Å². The summed E-state index contributed by atoms with van der Waals surface area (Å²) < 4.78 is 17.7. The number of furan rings is 2. The zero-order valence-corrected chi connectivity index (χ0v) is 54.8. The van der Waals surface area contributed by atoms with Crippen LogP contribution < -0.4 is 0 Å². The van der Waals surface area contributed by atoms with Crippen molar-refractivity contribution in [2.75, 3.05) is 0 Å². The molecule has 0 amide bonds. The van der Waals surface area contributed by atoms with E-state index < -0.39 is 0 Å². The van der Waals surface area contributed by atoms with Crippen LogP contribution in [0.15, 0.2) is 318 Å². The third-order valence-electron chi connectivity index (χ3n) is 19.0. The third kappa shape index (κ3) is 10.0. The lowest BCUT2D eigenvalue weighted by Gasteiger charge is -2.14. The number of nitrogens with zero attached hydrogens (tertiary/aromatic N) is 7. The maximum absolute atomic E-state index is 6.70. The van der Waals surface area contributed by atoms with Crippen molar-refractivity contribution < 1.29 is 8.83 Å². The van der Waals surface area contributed by atoms with Gasteiger partial charge in [-0.15, -0.1) is 22.7 Å². The van der Waals surface area contributed by atoms with Crippen LogP contribution in [0.3, 0.4) is 0 Å². The molecule has 0 spiro atoms. The molecular formula is C89H51N7O2S2. The van der Waals surface area contributed by atoms with E-state index in [4.69, 9.17) is 43.7 Å². The minimum absolute atomic E-state index is 0.570. The van der Waals surface area contributed by atoms with Gasteiger partial charge in [-0.25, -0.2) is 24.9 Å². The van der Waals surface area contributed by atoms with Crippen molar-refractivity contribution in [2.24, 2.45) is 0 Å². The predicted molar refractivity (Wildman–Crippen MR) is 411 cm³/mol. The van der Waals surface area contributed by atoms with Gasteiger partial charge >= 0.3 is 0 Å². The molecule has 11 heteroatoms. The van der Waals surface area contributed by atoms with Gasteiger partial charge in [0.05, 0.1) is 31.8 Å². The first kappa shape index (κ1) is 57.3. The Morgan fingerprint density at radius 2 is 0.580 bits per heavy atom. The molecule has 12 aromatic carbocycles. The highest BCUT2D eigenvalue weighted by Gasteiger charge is 2.22. The van der Waals surface area contributed by atoms with Gasteiger partial charge in [0.25, 0.3) is 0 Å². The first-order valence-corrected chi connectivity index (χ1v) is 34.8. The van der Waals surface area contributed by atoms with E-state index in [1.807, 2.05) is 103 Å². The van der Waals surface area contributed by atoms with Crippen LogP contribution in [0.4, 0.5) is 0 Å².